The zero-order valence-corrected chi connectivity index (χ0v) is 13.7. The molecule has 0 bridgehead atoms. The summed E-state index contributed by atoms with van der Waals surface area (Å²) in [6, 6.07) is 16.3. The van der Waals surface area contributed by atoms with Gasteiger partial charge in [-0.25, -0.2) is 4.79 Å². The van der Waals surface area contributed by atoms with Gasteiger partial charge in [-0.1, -0.05) is 30.3 Å². The standard InChI is InChI=1S/C20H20N2O2/c1-24-20(23)15-8-6-14(7-9-15)13-22-18-5-3-2-4-16(18)17-12-21-11-10-19(17)22/h2-9,21H,10-13H2,1H3. The lowest BCUT2D eigenvalue weighted by atomic mass is 10.1. The Balaban J connectivity index is 1.73. The summed E-state index contributed by atoms with van der Waals surface area (Å²) in [7, 11) is 1.41. The highest BCUT2D eigenvalue weighted by Gasteiger charge is 2.19. The van der Waals surface area contributed by atoms with E-state index in [4.69, 9.17) is 4.74 Å². The summed E-state index contributed by atoms with van der Waals surface area (Å²) in [6.07, 6.45) is 1.05. The fourth-order valence-electron chi connectivity index (χ4n) is 3.56. The second-order valence-electron chi connectivity index (χ2n) is 6.14. The SMILES string of the molecule is COC(=O)c1ccc(Cn2c3c(c4ccccc42)CNCC3)cc1. The van der Waals surface area contributed by atoms with E-state index >= 15 is 0 Å². The smallest absolute Gasteiger partial charge is 0.337 e. The van der Waals surface area contributed by atoms with E-state index < -0.39 is 0 Å². The van der Waals surface area contributed by atoms with Crippen LogP contribution in [0.1, 0.15) is 27.2 Å². The van der Waals surface area contributed by atoms with E-state index in [1.807, 2.05) is 24.3 Å². The van der Waals surface area contributed by atoms with E-state index in [-0.39, 0.29) is 5.97 Å². The van der Waals surface area contributed by atoms with Crippen molar-refractivity contribution in [1.29, 1.82) is 0 Å². The largest absolute Gasteiger partial charge is 0.465 e. The van der Waals surface area contributed by atoms with E-state index in [1.54, 1.807) is 0 Å². The molecule has 1 N–H and O–H groups in total. The predicted molar refractivity (Wildman–Crippen MR) is 94.2 cm³/mol. The average molecular weight is 320 g/mol. The number of esters is 1. The van der Waals surface area contributed by atoms with Gasteiger partial charge in [0.25, 0.3) is 0 Å². The summed E-state index contributed by atoms with van der Waals surface area (Å²) in [5, 5.41) is 4.81. The molecule has 0 atom stereocenters. The fraction of sp³-hybridized carbons (Fsp3) is 0.250. The maximum Gasteiger partial charge on any atom is 0.337 e. The number of para-hydroxylation sites is 1. The van der Waals surface area contributed by atoms with Crippen LogP contribution < -0.4 is 5.32 Å². The van der Waals surface area contributed by atoms with Crippen molar-refractivity contribution in [2.24, 2.45) is 0 Å². The molecule has 1 aromatic heterocycles. The van der Waals surface area contributed by atoms with Crippen LogP contribution in [0, 0.1) is 0 Å². The van der Waals surface area contributed by atoms with E-state index in [0.717, 1.165) is 26.1 Å². The zero-order valence-electron chi connectivity index (χ0n) is 13.7. The first-order chi connectivity index (χ1) is 11.8. The lowest BCUT2D eigenvalue weighted by Gasteiger charge is -2.17. The summed E-state index contributed by atoms with van der Waals surface area (Å²) >= 11 is 0. The third kappa shape index (κ3) is 2.49. The number of nitrogens with zero attached hydrogens (tertiary/aromatic N) is 1. The molecule has 3 aromatic rings. The van der Waals surface area contributed by atoms with Gasteiger partial charge in [-0.3, -0.25) is 0 Å². The summed E-state index contributed by atoms with van der Waals surface area (Å²) in [6.45, 7) is 2.77. The number of benzene rings is 2. The fourth-order valence-corrected chi connectivity index (χ4v) is 3.56. The van der Waals surface area contributed by atoms with Gasteiger partial charge >= 0.3 is 5.97 Å². The van der Waals surface area contributed by atoms with Gasteiger partial charge in [0.1, 0.15) is 0 Å². The number of carbonyl (C=O) groups is 1. The van der Waals surface area contributed by atoms with Crippen molar-refractivity contribution in [1.82, 2.24) is 9.88 Å². The molecule has 0 saturated carbocycles. The van der Waals surface area contributed by atoms with Crippen molar-refractivity contribution in [3.63, 3.8) is 0 Å². The minimum atomic E-state index is -0.295. The van der Waals surface area contributed by atoms with Crippen molar-refractivity contribution in [2.75, 3.05) is 13.7 Å². The molecule has 0 saturated heterocycles. The molecule has 0 amide bonds. The molecule has 2 heterocycles. The molecule has 0 radical (unpaired) electrons. The van der Waals surface area contributed by atoms with Crippen molar-refractivity contribution < 1.29 is 9.53 Å². The van der Waals surface area contributed by atoms with Crippen LogP contribution in [0.4, 0.5) is 0 Å². The summed E-state index contributed by atoms with van der Waals surface area (Å²) in [5.41, 5.74) is 5.90. The van der Waals surface area contributed by atoms with E-state index in [0.29, 0.717) is 5.56 Å². The van der Waals surface area contributed by atoms with Crippen LogP contribution >= 0.6 is 0 Å². The predicted octanol–water partition coefficient (Wildman–Crippen LogP) is 3.12. The molecule has 0 fully saturated rings. The highest BCUT2D eigenvalue weighted by Crippen LogP contribution is 2.29. The van der Waals surface area contributed by atoms with E-state index in [1.165, 1.54) is 34.8 Å². The molecule has 0 unspecified atom stereocenters. The minimum absolute atomic E-state index is 0.295. The summed E-state index contributed by atoms with van der Waals surface area (Å²) in [5.74, 6) is -0.295. The molecule has 122 valence electrons. The average Bonchev–Trinajstić information content (AvgIpc) is 2.96. The molecular weight excluding hydrogens is 300 g/mol. The summed E-state index contributed by atoms with van der Waals surface area (Å²) < 4.78 is 7.18. The first-order valence-corrected chi connectivity index (χ1v) is 8.25. The number of nitrogens with one attached hydrogen (secondary N) is 1. The number of hydrogen-bond acceptors (Lipinski definition) is 3. The Kier molecular flexibility index (Phi) is 3.82. The molecule has 1 aliphatic heterocycles. The number of hydrogen-bond donors (Lipinski definition) is 1. The van der Waals surface area contributed by atoms with E-state index in [9.17, 15) is 4.79 Å². The number of carbonyl (C=O) groups excluding carboxylic acids is 1. The van der Waals surface area contributed by atoms with Crippen molar-refractivity contribution in [3.05, 3.63) is 70.9 Å². The first-order valence-electron chi connectivity index (χ1n) is 8.25. The van der Waals surface area contributed by atoms with Gasteiger partial charge in [0.15, 0.2) is 0 Å². The Labute approximate surface area is 141 Å². The second kappa shape index (κ2) is 6.13. The quantitative estimate of drug-likeness (QED) is 0.754. The van der Waals surface area contributed by atoms with Gasteiger partial charge in [-0.2, -0.15) is 0 Å². The molecule has 24 heavy (non-hydrogen) atoms. The highest BCUT2D eigenvalue weighted by molar-refractivity contribution is 5.89. The Bertz CT molecular complexity index is 894. The van der Waals surface area contributed by atoms with Crippen LogP contribution in [-0.2, 0) is 24.2 Å². The third-order valence-electron chi connectivity index (χ3n) is 4.75. The number of fused-ring (bicyclic) bond motifs is 3. The molecule has 4 nitrogen and oxygen atoms in total. The zero-order chi connectivity index (χ0) is 16.5. The van der Waals surface area contributed by atoms with Gasteiger partial charge in [0, 0.05) is 42.7 Å². The van der Waals surface area contributed by atoms with Gasteiger partial charge in [0.2, 0.25) is 0 Å². The molecule has 2 aromatic carbocycles. The molecule has 0 aliphatic carbocycles. The van der Waals surface area contributed by atoms with Crippen molar-refractivity contribution in [3.8, 4) is 0 Å². The maximum atomic E-state index is 11.6. The minimum Gasteiger partial charge on any atom is -0.465 e. The number of aromatic nitrogens is 1. The van der Waals surface area contributed by atoms with Crippen LogP contribution in [0.5, 0.6) is 0 Å². The Hall–Kier alpha value is -2.59. The van der Waals surface area contributed by atoms with Crippen LogP contribution in [0.3, 0.4) is 0 Å². The van der Waals surface area contributed by atoms with Gasteiger partial charge in [-0.15, -0.1) is 0 Å². The third-order valence-corrected chi connectivity index (χ3v) is 4.75. The topological polar surface area (TPSA) is 43.3 Å². The molecular formula is C20H20N2O2. The number of methoxy groups -OCH3 is 1. The van der Waals surface area contributed by atoms with Crippen LogP contribution in [-0.4, -0.2) is 24.2 Å². The second-order valence-corrected chi connectivity index (χ2v) is 6.14. The Morgan fingerprint density at radius 2 is 1.96 bits per heavy atom. The maximum absolute atomic E-state index is 11.6. The Morgan fingerprint density at radius 1 is 1.17 bits per heavy atom. The lowest BCUT2D eigenvalue weighted by Crippen LogP contribution is -2.24. The van der Waals surface area contributed by atoms with Crippen LogP contribution in [0.15, 0.2) is 48.5 Å². The van der Waals surface area contributed by atoms with Gasteiger partial charge in [0.05, 0.1) is 12.7 Å². The van der Waals surface area contributed by atoms with Gasteiger partial charge in [-0.05, 0) is 29.3 Å². The Morgan fingerprint density at radius 3 is 2.75 bits per heavy atom. The number of ether oxygens (including phenoxy) is 1. The van der Waals surface area contributed by atoms with Crippen molar-refractivity contribution in [2.45, 2.75) is 19.5 Å². The van der Waals surface area contributed by atoms with E-state index in [2.05, 4.69) is 34.1 Å². The molecule has 0 spiro atoms. The lowest BCUT2D eigenvalue weighted by molar-refractivity contribution is 0.0600. The van der Waals surface area contributed by atoms with Crippen LogP contribution in [0.25, 0.3) is 10.9 Å². The highest BCUT2D eigenvalue weighted by atomic mass is 16.5. The number of rotatable bonds is 3. The van der Waals surface area contributed by atoms with Crippen molar-refractivity contribution >= 4 is 16.9 Å². The molecule has 1 aliphatic rings. The summed E-state index contributed by atoms with van der Waals surface area (Å²) in [4.78, 5) is 11.6. The first kappa shape index (κ1) is 15.0. The van der Waals surface area contributed by atoms with Crippen LogP contribution in [0.2, 0.25) is 0 Å². The normalized spacial score (nSPS) is 13.7. The molecule has 4 heteroatoms. The molecule has 4 rings (SSSR count). The van der Waals surface area contributed by atoms with Gasteiger partial charge < -0.3 is 14.6 Å². The monoisotopic (exact) mass is 320 g/mol.